The Morgan fingerprint density at radius 1 is 1.00 bits per heavy atom. The Kier molecular flexibility index (Phi) is 7.01. The molecule has 1 aliphatic rings. The van der Waals surface area contributed by atoms with Gasteiger partial charge in [0.25, 0.3) is 0 Å². The minimum Gasteiger partial charge on any atom is -0.480 e. The third-order valence-corrected chi connectivity index (χ3v) is 5.73. The Balaban J connectivity index is 2.25. The average molecular weight is 451 g/mol. The Bertz CT molecular complexity index is 1060. The van der Waals surface area contributed by atoms with Crippen molar-refractivity contribution in [3.8, 4) is 0 Å². The van der Waals surface area contributed by atoms with E-state index in [-0.39, 0.29) is 23.9 Å². The van der Waals surface area contributed by atoms with Crippen molar-refractivity contribution < 1.29 is 24.3 Å². The number of carbonyl (C=O) groups is 4. The summed E-state index contributed by atoms with van der Waals surface area (Å²) in [7, 11) is 0. The number of anilines is 1. The van der Waals surface area contributed by atoms with Crippen LogP contribution in [-0.4, -0.2) is 45.7 Å². The number of ketones is 1. The van der Waals surface area contributed by atoms with Crippen LogP contribution < -0.4 is 4.90 Å². The SMILES string of the molecule is CC(=O)N1[C@H](CC(C)(C)C)C(=O)N(Cc2ccccc2)c2ccccc2C(=O)C[C@H]1C(=O)O. The zero-order chi connectivity index (χ0) is 24.3. The van der Waals surface area contributed by atoms with Gasteiger partial charge in [0, 0.05) is 18.9 Å². The monoisotopic (exact) mass is 450 g/mol. The number of rotatable bonds is 4. The van der Waals surface area contributed by atoms with Crippen molar-refractivity contribution in [1.29, 1.82) is 0 Å². The zero-order valence-corrected chi connectivity index (χ0v) is 19.4. The number of para-hydroxylation sites is 1. The van der Waals surface area contributed by atoms with Gasteiger partial charge < -0.3 is 14.9 Å². The predicted octanol–water partition coefficient (Wildman–Crippen LogP) is 3.91. The van der Waals surface area contributed by atoms with Gasteiger partial charge in [-0.3, -0.25) is 14.4 Å². The fourth-order valence-corrected chi connectivity index (χ4v) is 4.30. The minimum atomic E-state index is -1.43. The van der Waals surface area contributed by atoms with Crippen molar-refractivity contribution >= 4 is 29.3 Å². The highest BCUT2D eigenvalue weighted by atomic mass is 16.4. The summed E-state index contributed by atoms with van der Waals surface area (Å²) in [6.07, 6.45) is -0.157. The maximum absolute atomic E-state index is 14.1. The molecule has 0 unspecified atom stereocenters. The standard InChI is InChI=1S/C26H30N2O5/c1-17(29)28-21(25(32)33)14-23(30)19-12-8-9-13-20(19)27(16-18-10-6-5-7-11-18)24(31)22(28)15-26(2,3)4/h5-13,21-22H,14-16H2,1-4H3,(H,32,33)/t21-,22+/m0/s1. The van der Waals surface area contributed by atoms with E-state index in [9.17, 15) is 24.3 Å². The summed E-state index contributed by atoms with van der Waals surface area (Å²) in [4.78, 5) is 55.0. The number of carbonyl (C=O) groups excluding carboxylic acids is 3. The van der Waals surface area contributed by atoms with Crippen LogP contribution in [0.2, 0.25) is 0 Å². The summed E-state index contributed by atoms with van der Waals surface area (Å²) in [6.45, 7) is 7.23. The first kappa shape index (κ1) is 24.2. The Morgan fingerprint density at radius 3 is 2.18 bits per heavy atom. The number of fused-ring (bicyclic) bond motifs is 1. The van der Waals surface area contributed by atoms with Crippen LogP contribution >= 0.6 is 0 Å². The first-order chi connectivity index (χ1) is 15.5. The number of carboxylic acid groups (broad SMARTS) is 1. The van der Waals surface area contributed by atoms with Gasteiger partial charge in [0.2, 0.25) is 11.8 Å². The molecule has 3 rings (SSSR count). The van der Waals surface area contributed by atoms with Crippen molar-refractivity contribution in [2.75, 3.05) is 4.90 Å². The second-order valence-electron chi connectivity index (χ2n) is 9.62. The van der Waals surface area contributed by atoms with Crippen LogP contribution in [0.25, 0.3) is 0 Å². The molecule has 0 aliphatic carbocycles. The van der Waals surface area contributed by atoms with Crippen LogP contribution in [0.5, 0.6) is 0 Å². The van der Waals surface area contributed by atoms with E-state index in [1.54, 1.807) is 24.3 Å². The number of carboxylic acids is 1. The van der Waals surface area contributed by atoms with E-state index < -0.39 is 42.1 Å². The summed E-state index contributed by atoms with van der Waals surface area (Å²) in [5.74, 6) is -2.69. The quantitative estimate of drug-likeness (QED) is 0.762. The number of hydrogen-bond acceptors (Lipinski definition) is 4. The highest BCUT2D eigenvalue weighted by molar-refractivity contribution is 6.09. The highest BCUT2D eigenvalue weighted by Crippen LogP contribution is 2.33. The molecule has 0 radical (unpaired) electrons. The number of Topliss-reactive ketones (excluding diaryl/α,β-unsaturated/α-hetero) is 1. The molecule has 2 atom stereocenters. The first-order valence-electron chi connectivity index (χ1n) is 11.0. The van der Waals surface area contributed by atoms with Gasteiger partial charge in [0.1, 0.15) is 12.1 Å². The van der Waals surface area contributed by atoms with Gasteiger partial charge in [-0.25, -0.2) is 4.79 Å². The topological polar surface area (TPSA) is 95.0 Å². The molecule has 7 nitrogen and oxygen atoms in total. The first-order valence-corrected chi connectivity index (χ1v) is 11.0. The molecule has 1 aliphatic heterocycles. The molecule has 2 aromatic rings. The molecule has 0 bridgehead atoms. The lowest BCUT2D eigenvalue weighted by Crippen LogP contribution is -2.57. The maximum atomic E-state index is 14.1. The lowest BCUT2D eigenvalue weighted by atomic mass is 9.86. The van der Waals surface area contributed by atoms with Gasteiger partial charge in [0.15, 0.2) is 5.78 Å². The number of benzene rings is 2. The average Bonchev–Trinajstić information content (AvgIpc) is 2.77. The molecule has 0 fully saturated rings. The van der Waals surface area contributed by atoms with Gasteiger partial charge in [-0.2, -0.15) is 0 Å². The summed E-state index contributed by atoms with van der Waals surface area (Å²) in [5.41, 5.74) is 1.16. The molecule has 0 aromatic heterocycles. The van der Waals surface area contributed by atoms with E-state index in [2.05, 4.69) is 0 Å². The zero-order valence-electron chi connectivity index (χ0n) is 19.4. The molecule has 174 valence electrons. The van der Waals surface area contributed by atoms with Crippen LogP contribution in [-0.2, 0) is 20.9 Å². The predicted molar refractivity (Wildman–Crippen MR) is 125 cm³/mol. The highest BCUT2D eigenvalue weighted by Gasteiger charge is 2.44. The van der Waals surface area contributed by atoms with Crippen LogP contribution in [0.15, 0.2) is 54.6 Å². The molecular weight excluding hydrogens is 420 g/mol. The van der Waals surface area contributed by atoms with Crippen LogP contribution in [0.3, 0.4) is 0 Å². The molecule has 0 saturated carbocycles. The molecule has 2 aromatic carbocycles. The number of hydrogen-bond donors (Lipinski definition) is 1. The Labute approximate surface area is 194 Å². The van der Waals surface area contributed by atoms with Crippen LogP contribution in [0, 0.1) is 5.41 Å². The molecule has 0 saturated heterocycles. The second kappa shape index (κ2) is 9.57. The molecule has 0 spiro atoms. The van der Waals surface area contributed by atoms with Gasteiger partial charge in [0.05, 0.1) is 12.2 Å². The van der Waals surface area contributed by atoms with E-state index in [4.69, 9.17) is 0 Å². The molecule has 1 N–H and O–H groups in total. The minimum absolute atomic E-state index is 0.189. The fourth-order valence-electron chi connectivity index (χ4n) is 4.30. The van der Waals surface area contributed by atoms with Crippen molar-refractivity contribution in [3.63, 3.8) is 0 Å². The molecule has 7 heteroatoms. The largest absolute Gasteiger partial charge is 0.480 e. The van der Waals surface area contributed by atoms with Crippen molar-refractivity contribution in [2.24, 2.45) is 5.41 Å². The van der Waals surface area contributed by atoms with E-state index >= 15 is 0 Å². The molecular formula is C26H30N2O5. The number of amides is 2. The summed E-state index contributed by atoms with van der Waals surface area (Å²) < 4.78 is 0. The second-order valence-corrected chi connectivity index (χ2v) is 9.62. The summed E-state index contributed by atoms with van der Waals surface area (Å²) >= 11 is 0. The Hall–Kier alpha value is -3.48. The van der Waals surface area contributed by atoms with E-state index in [0.717, 1.165) is 10.5 Å². The summed E-state index contributed by atoms with van der Waals surface area (Å²) in [6, 6.07) is 13.6. The summed E-state index contributed by atoms with van der Waals surface area (Å²) in [5, 5.41) is 9.96. The molecule has 33 heavy (non-hydrogen) atoms. The van der Waals surface area contributed by atoms with E-state index in [0.29, 0.717) is 5.69 Å². The maximum Gasteiger partial charge on any atom is 0.326 e. The van der Waals surface area contributed by atoms with Crippen molar-refractivity contribution in [3.05, 3.63) is 65.7 Å². The smallest absolute Gasteiger partial charge is 0.326 e. The van der Waals surface area contributed by atoms with E-state index in [1.165, 1.54) is 11.8 Å². The van der Waals surface area contributed by atoms with Gasteiger partial charge in [-0.15, -0.1) is 0 Å². The lowest BCUT2D eigenvalue weighted by molar-refractivity contribution is -0.154. The normalized spacial score (nSPS) is 19.4. The third-order valence-electron chi connectivity index (χ3n) is 5.73. The van der Waals surface area contributed by atoms with Crippen molar-refractivity contribution in [2.45, 2.75) is 59.2 Å². The third kappa shape index (κ3) is 5.48. The van der Waals surface area contributed by atoms with Crippen LogP contribution in [0.4, 0.5) is 5.69 Å². The lowest BCUT2D eigenvalue weighted by Gasteiger charge is -2.39. The number of nitrogens with zero attached hydrogens (tertiary/aromatic N) is 2. The Morgan fingerprint density at radius 2 is 1.61 bits per heavy atom. The van der Waals surface area contributed by atoms with Crippen LogP contribution in [0.1, 0.15) is 56.5 Å². The van der Waals surface area contributed by atoms with Gasteiger partial charge in [-0.1, -0.05) is 63.2 Å². The van der Waals surface area contributed by atoms with Gasteiger partial charge in [-0.05, 0) is 29.5 Å². The molecule has 2 amide bonds. The van der Waals surface area contributed by atoms with E-state index in [1.807, 2.05) is 51.1 Å². The van der Waals surface area contributed by atoms with Gasteiger partial charge >= 0.3 is 5.97 Å². The number of aliphatic carboxylic acids is 1. The van der Waals surface area contributed by atoms with Crippen molar-refractivity contribution in [1.82, 2.24) is 4.90 Å². The fraction of sp³-hybridized carbons (Fsp3) is 0.385. The molecule has 1 heterocycles.